The van der Waals surface area contributed by atoms with E-state index in [1.165, 1.54) is 38.5 Å². The molecule has 0 unspecified atom stereocenters. The predicted octanol–water partition coefficient (Wildman–Crippen LogP) is 4.48. The summed E-state index contributed by atoms with van der Waals surface area (Å²) in [5.74, 6) is 2.00. The second-order valence-corrected chi connectivity index (χ2v) is 5.11. The van der Waals surface area contributed by atoms with Gasteiger partial charge in [-0.2, -0.15) is 0 Å². The minimum Gasteiger partial charge on any atom is -0.493 e. The SMILES string of the molecule is CCCCCCCCNc1cc(OC)c(OC)c(OC)c1. The first-order chi connectivity index (χ1) is 10.3. The summed E-state index contributed by atoms with van der Waals surface area (Å²) in [5, 5.41) is 3.42. The molecule has 1 rings (SSSR count). The number of hydrogen-bond acceptors (Lipinski definition) is 4. The number of benzene rings is 1. The van der Waals surface area contributed by atoms with Crippen LogP contribution >= 0.6 is 0 Å². The fourth-order valence-electron chi connectivity index (χ4n) is 2.32. The van der Waals surface area contributed by atoms with Gasteiger partial charge in [0.25, 0.3) is 0 Å². The molecular formula is C17H29NO3. The van der Waals surface area contributed by atoms with Crippen LogP contribution in [0.4, 0.5) is 5.69 Å². The molecule has 0 aromatic heterocycles. The lowest BCUT2D eigenvalue weighted by Crippen LogP contribution is -2.03. The lowest BCUT2D eigenvalue weighted by molar-refractivity contribution is 0.324. The third-order valence-electron chi connectivity index (χ3n) is 3.52. The number of anilines is 1. The molecule has 0 radical (unpaired) electrons. The zero-order valence-corrected chi connectivity index (χ0v) is 13.8. The van der Waals surface area contributed by atoms with Gasteiger partial charge in [-0.15, -0.1) is 0 Å². The zero-order chi connectivity index (χ0) is 15.5. The van der Waals surface area contributed by atoms with Crippen molar-refractivity contribution in [3.8, 4) is 17.2 Å². The fraction of sp³-hybridized carbons (Fsp3) is 0.647. The van der Waals surface area contributed by atoms with Gasteiger partial charge in [0, 0.05) is 24.4 Å². The van der Waals surface area contributed by atoms with Crippen molar-refractivity contribution in [1.82, 2.24) is 0 Å². The molecule has 0 heterocycles. The van der Waals surface area contributed by atoms with Gasteiger partial charge in [-0.3, -0.25) is 0 Å². The topological polar surface area (TPSA) is 39.7 Å². The van der Waals surface area contributed by atoms with E-state index in [4.69, 9.17) is 14.2 Å². The Morgan fingerprint density at radius 3 is 1.90 bits per heavy atom. The minimum absolute atomic E-state index is 0.630. The Kier molecular flexibility index (Phi) is 8.48. The zero-order valence-electron chi connectivity index (χ0n) is 13.8. The highest BCUT2D eigenvalue weighted by atomic mass is 16.5. The molecule has 1 N–H and O–H groups in total. The van der Waals surface area contributed by atoms with E-state index in [2.05, 4.69) is 12.2 Å². The molecule has 0 amide bonds. The van der Waals surface area contributed by atoms with Crippen LogP contribution in [0.2, 0.25) is 0 Å². The number of nitrogens with one attached hydrogen (secondary N) is 1. The molecule has 1 aromatic carbocycles. The Morgan fingerprint density at radius 2 is 1.38 bits per heavy atom. The van der Waals surface area contributed by atoms with Crippen LogP contribution in [0.25, 0.3) is 0 Å². The second-order valence-electron chi connectivity index (χ2n) is 5.11. The molecule has 4 heteroatoms. The van der Waals surface area contributed by atoms with E-state index in [1.54, 1.807) is 21.3 Å². The Balaban J connectivity index is 2.48. The summed E-state index contributed by atoms with van der Waals surface area (Å²) < 4.78 is 16.0. The van der Waals surface area contributed by atoms with Crippen LogP contribution in [0.3, 0.4) is 0 Å². The summed E-state index contributed by atoms with van der Waals surface area (Å²) in [7, 11) is 4.88. The lowest BCUT2D eigenvalue weighted by atomic mass is 10.1. The van der Waals surface area contributed by atoms with E-state index in [-0.39, 0.29) is 0 Å². The van der Waals surface area contributed by atoms with Crippen LogP contribution in [0.1, 0.15) is 45.4 Å². The van der Waals surface area contributed by atoms with Crippen molar-refractivity contribution in [1.29, 1.82) is 0 Å². The van der Waals surface area contributed by atoms with Crippen molar-refractivity contribution >= 4 is 5.69 Å². The molecule has 0 aliphatic carbocycles. The summed E-state index contributed by atoms with van der Waals surface area (Å²) in [6.07, 6.45) is 7.77. The lowest BCUT2D eigenvalue weighted by Gasteiger charge is -2.15. The molecule has 1 aromatic rings. The molecule has 0 fully saturated rings. The molecule has 21 heavy (non-hydrogen) atoms. The van der Waals surface area contributed by atoms with Crippen LogP contribution in [-0.4, -0.2) is 27.9 Å². The van der Waals surface area contributed by atoms with Gasteiger partial charge in [-0.1, -0.05) is 39.0 Å². The quantitative estimate of drug-likeness (QED) is 0.611. The summed E-state index contributed by atoms with van der Waals surface area (Å²) in [6.45, 7) is 3.21. The summed E-state index contributed by atoms with van der Waals surface area (Å²) in [4.78, 5) is 0. The van der Waals surface area contributed by atoms with Crippen LogP contribution in [-0.2, 0) is 0 Å². The number of ether oxygens (including phenoxy) is 3. The van der Waals surface area contributed by atoms with Gasteiger partial charge >= 0.3 is 0 Å². The predicted molar refractivity (Wildman–Crippen MR) is 88.0 cm³/mol. The molecule has 0 aliphatic rings. The summed E-state index contributed by atoms with van der Waals surface area (Å²) in [6, 6.07) is 3.89. The van der Waals surface area contributed by atoms with Crippen molar-refractivity contribution in [2.45, 2.75) is 45.4 Å². The highest BCUT2D eigenvalue weighted by Crippen LogP contribution is 2.39. The minimum atomic E-state index is 0.630. The van der Waals surface area contributed by atoms with Crippen LogP contribution in [0.5, 0.6) is 17.2 Å². The summed E-state index contributed by atoms with van der Waals surface area (Å²) in [5.41, 5.74) is 0.998. The van der Waals surface area contributed by atoms with E-state index in [1.807, 2.05) is 12.1 Å². The van der Waals surface area contributed by atoms with E-state index < -0.39 is 0 Å². The molecule has 4 nitrogen and oxygen atoms in total. The van der Waals surface area contributed by atoms with Crippen molar-refractivity contribution < 1.29 is 14.2 Å². The first kappa shape index (κ1) is 17.5. The smallest absolute Gasteiger partial charge is 0.203 e. The summed E-state index contributed by atoms with van der Waals surface area (Å²) >= 11 is 0. The van der Waals surface area contributed by atoms with Crippen LogP contribution in [0, 0.1) is 0 Å². The third kappa shape index (κ3) is 5.74. The highest BCUT2D eigenvalue weighted by molar-refractivity contribution is 5.62. The van der Waals surface area contributed by atoms with E-state index in [0.29, 0.717) is 17.2 Å². The molecule has 0 spiro atoms. The van der Waals surface area contributed by atoms with Crippen molar-refractivity contribution in [3.05, 3.63) is 12.1 Å². The van der Waals surface area contributed by atoms with Gasteiger partial charge in [0.1, 0.15) is 0 Å². The molecule has 0 atom stereocenters. The first-order valence-corrected chi connectivity index (χ1v) is 7.80. The molecule has 120 valence electrons. The van der Waals surface area contributed by atoms with Gasteiger partial charge < -0.3 is 19.5 Å². The average Bonchev–Trinajstić information content (AvgIpc) is 2.52. The van der Waals surface area contributed by atoms with E-state index in [0.717, 1.165) is 12.2 Å². The van der Waals surface area contributed by atoms with Gasteiger partial charge in [0.05, 0.1) is 21.3 Å². The maximum atomic E-state index is 5.35. The van der Waals surface area contributed by atoms with E-state index in [9.17, 15) is 0 Å². The van der Waals surface area contributed by atoms with Gasteiger partial charge in [-0.05, 0) is 6.42 Å². The Hall–Kier alpha value is -1.58. The normalized spacial score (nSPS) is 10.3. The van der Waals surface area contributed by atoms with Crippen LogP contribution in [0.15, 0.2) is 12.1 Å². The Labute approximate surface area is 128 Å². The number of unbranched alkanes of at least 4 members (excludes halogenated alkanes) is 5. The van der Waals surface area contributed by atoms with Crippen molar-refractivity contribution in [3.63, 3.8) is 0 Å². The largest absolute Gasteiger partial charge is 0.493 e. The van der Waals surface area contributed by atoms with Crippen LogP contribution < -0.4 is 19.5 Å². The second kappa shape index (κ2) is 10.2. The van der Waals surface area contributed by atoms with Crippen molar-refractivity contribution in [2.75, 3.05) is 33.2 Å². The number of rotatable bonds is 11. The Bertz CT molecular complexity index is 382. The van der Waals surface area contributed by atoms with Gasteiger partial charge in [0.15, 0.2) is 11.5 Å². The molecule has 0 bridgehead atoms. The van der Waals surface area contributed by atoms with Gasteiger partial charge in [0.2, 0.25) is 5.75 Å². The Morgan fingerprint density at radius 1 is 0.810 bits per heavy atom. The average molecular weight is 295 g/mol. The fourth-order valence-corrected chi connectivity index (χ4v) is 2.32. The molecule has 0 aliphatic heterocycles. The maximum Gasteiger partial charge on any atom is 0.203 e. The number of methoxy groups -OCH3 is 3. The third-order valence-corrected chi connectivity index (χ3v) is 3.52. The maximum absolute atomic E-state index is 5.35. The first-order valence-electron chi connectivity index (χ1n) is 7.80. The van der Waals surface area contributed by atoms with Crippen molar-refractivity contribution in [2.24, 2.45) is 0 Å². The monoisotopic (exact) mass is 295 g/mol. The standard InChI is InChI=1S/C17H29NO3/c1-5-6-7-8-9-10-11-18-14-12-15(19-2)17(21-4)16(13-14)20-3/h12-13,18H,5-11H2,1-4H3. The molecule has 0 saturated carbocycles. The molecule has 0 saturated heterocycles. The van der Waals surface area contributed by atoms with E-state index >= 15 is 0 Å². The molecular weight excluding hydrogens is 266 g/mol. The highest BCUT2D eigenvalue weighted by Gasteiger charge is 2.12. The number of hydrogen-bond donors (Lipinski definition) is 1. The van der Waals surface area contributed by atoms with Gasteiger partial charge in [-0.25, -0.2) is 0 Å².